The number of anilines is 1. The van der Waals surface area contributed by atoms with Gasteiger partial charge in [0.2, 0.25) is 0 Å². The number of benzene rings is 2. The lowest BCUT2D eigenvalue weighted by atomic mass is 10.1. The van der Waals surface area contributed by atoms with E-state index in [1.165, 1.54) is 23.6 Å². The molecule has 1 aliphatic rings. The molecule has 0 bridgehead atoms. The minimum absolute atomic E-state index is 0.0210. The number of ketones is 1. The highest BCUT2D eigenvalue weighted by atomic mass is 32.2. The molecule has 0 aromatic heterocycles. The van der Waals surface area contributed by atoms with Gasteiger partial charge in [0.1, 0.15) is 12.4 Å². The summed E-state index contributed by atoms with van der Waals surface area (Å²) in [6.45, 7) is 5.56. The molecule has 2 aromatic rings. The lowest BCUT2D eigenvalue weighted by Gasteiger charge is -2.14. The average molecular weight is 396 g/mol. The maximum Gasteiger partial charge on any atom is 0.270 e. The highest BCUT2D eigenvalue weighted by Gasteiger charge is 2.33. The summed E-state index contributed by atoms with van der Waals surface area (Å²) in [5, 5.41) is 0. The molecule has 0 saturated carbocycles. The molecule has 1 fully saturated rings. The van der Waals surface area contributed by atoms with Crippen molar-refractivity contribution in [1.82, 2.24) is 0 Å². The minimum atomic E-state index is -0.174. The zero-order valence-electron chi connectivity index (χ0n) is 14.7. The second-order valence-corrected chi connectivity index (χ2v) is 7.46. The van der Waals surface area contributed by atoms with E-state index in [0.717, 1.165) is 11.3 Å². The van der Waals surface area contributed by atoms with E-state index in [0.29, 0.717) is 27.1 Å². The Morgan fingerprint density at radius 2 is 1.85 bits per heavy atom. The third-order valence-electron chi connectivity index (χ3n) is 3.87. The Balaban J connectivity index is 1.79. The van der Waals surface area contributed by atoms with Gasteiger partial charge >= 0.3 is 0 Å². The molecular formula is C21H17NO3S2. The van der Waals surface area contributed by atoms with Crippen molar-refractivity contribution in [2.24, 2.45) is 0 Å². The van der Waals surface area contributed by atoms with Crippen LogP contribution in [-0.2, 0) is 4.79 Å². The first-order chi connectivity index (χ1) is 13.0. The predicted octanol–water partition coefficient (Wildman–Crippen LogP) is 4.86. The standard InChI is InChI=1S/C21H17NO3S2/c1-3-12-25-18-10-4-15(5-11-18)13-19-20(24)22(21(26)27-19)17-8-6-16(7-9-17)14(2)23/h3-11,13H,1,12H2,2H3. The second kappa shape index (κ2) is 8.33. The van der Waals surface area contributed by atoms with E-state index in [2.05, 4.69) is 6.58 Å². The van der Waals surface area contributed by atoms with E-state index in [-0.39, 0.29) is 11.7 Å². The molecule has 0 atom stereocenters. The lowest BCUT2D eigenvalue weighted by molar-refractivity contribution is -0.113. The van der Waals surface area contributed by atoms with Gasteiger partial charge in [-0.2, -0.15) is 0 Å². The summed E-state index contributed by atoms with van der Waals surface area (Å²) in [5.41, 5.74) is 2.13. The summed E-state index contributed by atoms with van der Waals surface area (Å²) in [7, 11) is 0. The van der Waals surface area contributed by atoms with Crippen LogP contribution in [0.15, 0.2) is 66.1 Å². The average Bonchev–Trinajstić information content (AvgIpc) is 2.94. The third-order valence-corrected chi connectivity index (χ3v) is 5.17. The Kier molecular flexibility index (Phi) is 5.88. The first-order valence-corrected chi connectivity index (χ1v) is 9.45. The Morgan fingerprint density at radius 1 is 1.19 bits per heavy atom. The number of thioether (sulfide) groups is 1. The fourth-order valence-corrected chi connectivity index (χ4v) is 3.80. The van der Waals surface area contributed by atoms with Gasteiger partial charge in [-0.25, -0.2) is 0 Å². The van der Waals surface area contributed by atoms with Crippen LogP contribution < -0.4 is 9.64 Å². The van der Waals surface area contributed by atoms with Crippen molar-refractivity contribution in [2.75, 3.05) is 11.5 Å². The van der Waals surface area contributed by atoms with E-state index < -0.39 is 0 Å². The summed E-state index contributed by atoms with van der Waals surface area (Å²) in [6, 6.07) is 14.3. The van der Waals surface area contributed by atoms with E-state index in [9.17, 15) is 9.59 Å². The van der Waals surface area contributed by atoms with Crippen LogP contribution in [-0.4, -0.2) is 22.6 Å². The number of carbonyl (C=O) groups is 2. The maximum absolute atomic E-state index is 12.8. The maximum atomic E-state index is 12.8. The third kappa shape index (κ3) is 4.35. The number of nitrogens with zero attached hydrogens (tertiary/aromatic N) is 1. The first kappa shape index (κ1) is 19.1. The Bertz CT molecular complexity index is 931. The van der Waals surface area contributed by atoms with E-state index in [1.807, 2.05) is 24.3 Å². The molecule has 0 unspecified atom stereocenters. The van der Waals surface area contributed by atoms with Crippen molar-refractivity contribution in [2.45, 2.75) is 6.92 Å². The normalized spacial score (nSPS) is 15.3. The number of thiocarbonyl (C=S) groups is 1. The molecule has 1 amide bonds. The van der Waals surface area contributed by atoms with Crippen molar-refractivity contribution in [3.63, 3.8) is 0 Å². The van der Waals surface area contributed by atoms with E-state index >= 15 is 0 Å². The van der Waals surface area contributed by atoms with Crippen LogP contribution in [0.5, 0.6) is 5.75 Å². The summed E-state index contributed by atoms with van der Waals surface area (Å²) in [4.78, 5) is 26.2. The van der Waals surface area contributed by atoms with Crippen LogP contribution in [0.3, 0.4) is 0 Å². The Hall–Kier alpha value is -2.70. The van der Waals surface area contributed by atoms with Crippen LogP contribution in [0.2, 0.25) is 0 Å². The van der Waals surface area contributed by atoms with Crippen molar-refractivity contribution >= 4 is 51.8 Å². The van der Waals surface area contributed by atoms with Crippen LogP contribution in [0.25, 0.3) is 6.08 Å². The summed E-state index contributed by atoms with van der Waals surface area (Å²) in [5.74, 6) is 0.546. The monoisotopic (exact) mass is 395 g/mol. The molecule has 0 N–H and O–H groups in total. The molecule has 0 aliphatic carbocycles. The van der Waals surface area contributed by atoms with Gasteiger partial charge in [0, 0.05) is 5.56 Å². The summed E-state index contributed by atoms with van der Waals surface area (Å²) >= 11 is 6.63. The van der Waals surface area contributed by atoms with Gasteiger partial charge in [0.25, 0.3) is 5.91 Å². The largest absolute Gasteiger partial charge is 0.490 e. The van der Waals surface area contributed by atoms with Gasteiger partial charge in [-0.15, -0.1) is 0 Å². The Labute approximate surface area is 167 Å². The van der Waals surface area contributed by atoms with Crippen molar-refractivity contribution in [1.29, 1.82) is 0 Å². The molecule has 3 rings (SSSR count). The van der Waals surface area contributed by atoms with Gasteiger partial charge in [0.05, 0.1) is 10.6 Å². The fourth-order valence-electron chi connectivity index (χ4n) is 2.50. The molecule has 136 valence electrons. The second-order valence-electron chi connectivity index (χ2n) is 5.79. The summed E-state index contributed by atoms with van der Waals surface area (Å²) in [6.07, 6.45) is 3.49. The molecule has 0 radical (unpaired) electrons. The van der Waals surface area contributed by atoms with E-state index in [1.54, 1.807) is 36.4 Å². The molecule has 6 heteroatoms. The summed E-state index contributed by atoms with van der Waals surface area (Å²) < 4.78 is 5.92. The van der Waals surface area contributed by atoms with Crippen LogP contribution >= 0.6 is 24.0 Å². The zero-order chi connectivity index (χ0) is 19.4. The molecule has 1 saturated heterocycles. The number of Topliss-reactive ketones (excluding diaryl/α,β-unsaturated/α-hetero) is 1. The zero-order valence-corrected chi connectivity index (χ0v) is 16.3. The van der Waals surface area contributed by atoms with Crippen LogP contribution in [0.1, 0.15) is 22.8 Å². The topological polar surface area (TPSA) is 46.6 Å². The van der Waals surface area contributed by atoms with E-state index in [4.69, 9.17) is 17.0 Å². The molecule has 1 heterocycles. The lowest BCUT2D eigenvalue weighted by Crippen LogP contribution is -2.27. The molecule has 27 heavy (non-hydrogen) atoms. The number of ether oxygens (including phenoxy) is 1. The molecular weight excluding hydrogens is 378 g/mol. The highest BCUT2D eigenvalue weighted by Crippen LogP contribution is 2.36. The number of carbonyl (C=O) groups excluding carboxylic acids is 2. The van der Waals surface area contributed by atoms with Gasteiger partial charge in [-0.1, -0.05) is 48.8 Å². The number of amides is 1. The number of hydrogen-bond donors (Lipinski definition) is 0. The SMILES string of the molecule is C=CCOc1ccc(C=C2SC(=S)N(c3ccc(C(C)=O)cc3)C2=O)cc1. The van der Waals surface area contributed by atoms with Crippen molar-refractivity contribution in [3.8, 4) is 5.75 Å². The molecule has 0 spiro atoms. The van der Waals surface area contributed by atoms with Crippen molar-refractivity contribution < 1.29 is 14.3 Å². The number of rotatable bonds is 6. The molecule has 4 nitrogen and oxygen atoms in total. The van der Waals surface area contributed by atoms with Crippen molar-refractivity contribution in [3.05, 3.63) is 77.2 Å². The van der Waals surface area contributed by atoms with Gasteiger partial charge in [-0.05, 0) is 55.0 Å². The van der Waals surface area contributed by atoms with Crippen LogP contribution in [0.4, 0.5) is 5.69 Å². The fraction of sp³-hybridized carbons (Fsp3) is 0.0952. The first-order valence-electron chi connectivity index (χ1n) is 8.22. The van der Waals surface area contributed by atoms with Gasteiger partial charge in [-0.3, -0.25) is 14.5 Å². The Morgan fingerprint density at radius 3 is 2.44 bits per heavy atom. The molecule has 2 aromatic carbocycles. The number of hydrogen-bond acceptors (Lipinski definition) is 5. The highest BCUT2D eigenvalue weighted by molar-refractivity contribution is 8.27. The quantitative estimate of drug-likeness (QED) is 0.303. The smallest absolute Gasteiger partial charge is 0.270 e. The van der Waals surface area contributed by atoms with Crippen LogP contribution in [0, 0.1) is 0 Å². The minimum Gasteiger partial charge on any atom is -0.490 e. The van der Waals surface area contributed by atoms with Gasteiger partial charge in [0.15, 0.2) is 10.1 Å². The molecule has 1 aliphatic heterocycles. The van der Waals surface area contributed by atoms with Gasteiger partial charge < -0.3 is 4.74 Å². The predicted molar refractivity (Wildman–Crippen MR) is 114 cm³/mol.